The van der Waals surface area contributed by atoms with E-state index >= 15 is 0 Å². The Kier molecular flexibility index (Phi) is 6.31. The van der Waals surface area contributed by atoms with Crippen LogP contribution in [0.3, 0.4) is 0 Å². The van der Waals surface area contributed by atoms with Gasteiger partial charge in [-0.05, 0) is 41.5 Å². The number of benzene rings is 2. The number of rotatable bonds is 5. The average molecular weight is 406 g/mol. The van der Waals surface area contributed by atoms with Gasteiger partial charge in [-0.1, -0.05) is 30.3 Å². The van der Waals surface area contributed by atoms with Crippen LogP contribution in [0, 0.1) is 11.3 Å². The topological polar surface area (TPSA) is 61.2 Å². The molecule has 2 aromatic carbocycles. The van der Waals surface area contributed by atoms with Gasteiger partial charge in [0.2, 0.25) is 9.84 Å². The average Bonchev–Trinajstić information content (AvgIpc) is 2.64. The van der Waals surface area contributed by atoms with Crippen LogP contribution in [0.15, 0.2) is 76.7 Å². The van der Waals surface area contributed by atoms with E-state index in [2.05, 4.69) is 0 Å². The number of nitriles is 1. The quantitative estimate of drug-likeness (QED) is 0.542. The monoisotopic (exact) mass is 406 g/mol. The van der Waals surface area contributed by atoms with Crippen molar-refractivity contribution in [3.63, 3.8) is 0 Å². The Labute approximate surface area is 161 Å². The molecule has 8 heteroatoms. The number of halogens is 3. The van der Waals surface area contributed by atoms with Crippen molar-refractivity contribution in [3.8, 4) is 6.07 Å². The van der Waals surface area contributed by atoms with Crippen LogP contribution in [0.5, 0.6) is 0 Å². The van der Waals surface area contributed by atoms with Crippen molar-refractivity contribution in [1.29, 1.82) is 5.26 Å². The maximum absolute atomic E-state index is 13.0. The highest BCUT2D eigenvalue weighted by molar-refractivity contribution is 7.95. The van der Waals surface area contributed by atoms with Crippen LogP contribution < -0.4 is 0 Å². The molecule has 0 atom stereocenters. The van der Waals surface area contributed by atoms with Crippen LogP contribution >= 0.6 is 0 Å². The molecule has 0 heterocycles. The number of hydrogen-bond donors (Lipinski definition) is 0. The lowest BCUT2D eigenvalue weighted by Gasteiger charge is -2.13. The fourth-order valence-corrected chi connectivity index (χ4v) is 3.56. The molecule has 4 nitrogen and oxygen atoms in total. The summed E-state index contributed by atoms with van der Waals surface area (Å²) >= 11 is 0. The zero-order valence-corrected chi connectivity index (χ0v) is 15.9. The first-order chi connectivity index (χ1) is 13.1. The molecule has 0 saturated carbocycles. The third-order valence-electron chi connectivity index (χ3n) is 3.66. The zero-order chi connectivity index (χ0) is 20.9. The lowest BCUT2D eigenvalue weighted by molar-refractivity contribution is -0.137. The fourth-order valence-electron chi connectivity index (χ4n) is 2.39. The van der Waals surface area contributed by atoms with Crippen molar-refractivity contribution in [3.05, 3.63) is 82.9 Å². The van der Waals surface area contributed by atoms with Crippen molar-refractivity contribution < 1.29 is 21.6 Å². The molecule has 0 amide bonds. The molecule has 0 radical (unpaired) electrons. The predicted molar refractivity (Wildman–Crippen MR) is 100 cm³/mol. The minimum absolute atomic E-state index is 0.0731. The molecule has 0 unspecified atom stereocenters. The second-order valence-electron chi connectivity index (χ2n) is 6.06. The highest BCUT2D eigenvalue weighted by Crippen LogP contribution is 2.32. The summed E-state index contributed by atoms with van der Waals surface area (Å²) in [7, 11) is -0.834. The lowest BCUT2D eigenvalue weighted by Crippen LogP contribution is -2.07. The summed E-state index contributed by atoms with van der Waals surface area (Å²) in [5.41, 5.74) is -0.570. The summed E-state index contributed by atoms with van der Waals surface area (Å²) in [6.07, 6.45) is -2.01. The Balaban J connectivity index is 2.63. The van der Waals surface area contributed by atoms with Gasteiger partial charge in [0.25, 0.3) is 0 Å². The van der Waals surface area contributed by atoms with E-state index in [1.807, 2.05) is 0 Å². The normalized spacial score (nSPS) is 13.1. The molecule has 146 valence electrons. The molecule has 0 aliphatic rings. The second kappa shape index (κ2) is 8.31. The van der Waals surface area contributed by atoms with E-state index in [0.717, 1.165) is 18.2 Å². The predicted octanol–water partition coefficient (Wildman–Crippen LogP) is 4.49. The van der Waals surface area contributed by atoms with Gasteiger partial charge in [0, 0.05) is 20.3 Å². The maximum atomic E-state index is 13.0. The molecule has 0 aliphatic carbocycles. The van der Waals surface area contributed by atoms with Crippen molar-refractivity contribution in [2.24, 2.45) is 0 Å². The Bertz CT molecular complexity index is 1050. The maximum Gasteiger partial charge on any atom is 0.416 e. The van der Waals surface area contributed by atoms with Crippen LogP contribution in [0.4, 0.5) is 13.2 Å². The van der Waals surface area contributed by atoms with Crippen molar-refractivity contribution >= 4 is 15.4 Å². The SMILES string of the molecule is CN(C)/C=C(\C=C(\C#N)S(=O)(=O)c1ccccc1)c1cccc(C(F)(F)F)c1. The smallest absolute Gasteiger partial charge is 0.383 e. The molecule has 0 aliphatic heterocycles. The first-order valence-electron chi connectivity index (χ1n) is 8.03. The van der Waals surface area contributed by atoms with E-state index in [-0.39, 0.29) is 16.0 Å². The van der Waals surface area contributed by atoms with Crippen LogP contribution in [-0.2, 0) is 16.0 Å². The first-order valence-corrected chi connectivity index (χ1v) is 9.52. The first kappa shape index (κ1) is 21.3. The minimum Gasteiger partial charge on any atom is -0.383 e. The van der Waals surface area contributed by atoms with E-state index in [0.29, 0.717) is 0 Å². The summed E-state index contributed by atoms with van der Waals surface area (Å²) in [6.45, 7) is 0. The van der Waals surface area contributed by atoms with Gasteiger partial charge in [0.1, 0.15) is 11.0 Å². The number of nitrogens with zero attached hydrogens (tertiary/aromatic N) is 2. The van der Waals surface area contributed by atoms with Crippen LogP contribution in [0.2, 0.25) is 0 Å². The summed E-state index contributed by atoms with van der Waals surface area (Å²) in [4.78, 5) is 0.913. The third kappa shape index (κ3) is 5.02. The number of alkyl halides is 3. The van der Waals surface area contributed by atoms with Crippen molar-refractivity contribution in [2.75, 3.05) is 14.1 Å². The van der Waals surface area contributed by atoms with Gasteiger partial charge < -0.3 is 4.90 Å². The molecule has 0 spiro atoms. The molecule has 0 fully saturated rings. The highest BCUT2D eigenvalue weighted by Gasteiger charge is 2.30. The zero-order valence-electron chi connectivity index (χ0n) is 15.1. The summed E-state index contributed by atoms with van der Waals surface area (Å²) < 4.78 is 64.6. The fraction of sp³-hybridized carbons (Fsp3) is 0.150. The summed E-state index contributed by atoms with van der Waals surface area (Å²) in [5, 5.41) is 9.42. The summed E-state index contributed by atoms with van der Waals surface area (Å²) in [5.74, 6) is 0. The molecule has 28 heavy (non-hydrogen) atoms. The Morgan fingerprint density at radius 3 is 2.25 bits per heavy atom. The van der Waals surface area contributed by atoms with Gasteiger partial charge in [-0.3, -0.25) is 0 Å². The van der Waals surface area contributed by atoms with E-state index in [1.165, 1.54) is 42.6 Å². The molecule has 0 bridgehead atoms. The third-order valence-corrected chi connectivity index (χ3v) is 5.34. The number of sulfone groups is 1. The van der Waals surface area contributed by atoms with Gasteiger partial charge in [-0.2, -0.15) is 18.4 Å². The molecule has 0 aromatic heterocycles. The van der Waals surface area contributed by atoms with E-state index in [4.69, 9.17) is 0 Å². The van der Waals surface area contributed by atoms with Crippen molar-refractivity contribution in [2.45, 2.75) is 11.1 Å². The Morgan fingerprint density at radius 2 is 1.71 bits per heavy atom. The molecular weight excluding hydrogens is 389 g/mol. The van der Waals surface area contributed by atoms with Gasteiger partial charge in [0.05, 0.1) is 10.5 Å². The summed E-state index contributed by atoms with van der Waals surface area (Å²) in [6, 6.07) is 13.5. The van der Waals surface area contributed by atoms with Crippen molar-refractivity contribution in [1.82, 2.24) is 4.90 Å². The van der Waals surface area contributed by atoms with E-state index < -0.39 is 26.5 Å². The Hall–Kier alpha value is -3.05. The molecule has 2 rings (SSSR count). The van der Waals surface area contributed by atoms with Crippen LogP contribution in [0.1, 0.15) is 11.1 Å². The minimum atomic E-state index is -4.54. The van der Waals surface area contributed by atoms with Gasteiger partial charge in [0.15, 0.2) is 0 Å². The molecule has 0 saturated heterocycles. The highest BCUT2D eigenvalue weighted by atomic mass is 32.2. The van der Waals surface area contributed by atoms with Gasteiger partial charge in [-0.15, -0.1) is 0 Å². The lowest BCUT2D eigenvalue weighted by atomic mass is 10.0. The van der Waals surface area contributed by atoms with Crippen LogP contribution in [-0.4, -0.2) is 27.4 Å². The van der Waals surface area contributed by atoms with Gasteiger partial charge >= 0.3 is 6.18 Å². The largest absolute Gasteiger partial charge is 0.416 e. The number of hydrogen-bond acceptors (Lipinski definition) is 4. The molecule has 2 aromatic rings. The standard InChI is InChI=1S/C20H17F3N2O2S/c1-25(2)14-16(15-7-6-8-17(11-15)20(21,22)23)12-19(13-24)28(26,27)18-9-4-3-5-10-18/h3-12,14H,1-2H3/b16-14+,19-12-. The number of allylic oxidation sites excluding steroid dienone is 3. The molecular formula is C20H17F3N2O2S. The van der Waals surface area contributed by atoms with Crippen LogP contribution in [0.25, 0.3) is 5.57 Å². The van der Waals surface area contributed by atoms with Gasteiger partial charge in [-0.25, -0.2) is 8.42 Å². The van der Waals surface area contributed by atoms with E-state index in [9.17, 15) is 26.9 Å². The second-order valence-corrected chi connectivity index (χ2v) is 7.98. The van der Waals surface area contributed by atoms with E-state index in [1.54, 1.807) is 31.1 Å². The molecule has 0 N–H and O–H groups in total. The Morgan fingerprint density at radius 1 is 1.07 bits per heavy atom.